The van der Waals surface area contributed by atoms with Gasteiger partial charge in [0.1, 0.15) is 0 Å². The fourth-order valence-electron chi connectivity index (χ4n) is 5.59. The second kappa shape index (κ2) is 10.4. The van der Waals surface area contributed by atoms with Crippen LogP contribution in [-0.2, 0) is 16.0 Å². The number of rotatable bonds is 7. The molecule has 0 N–H and O–H groups in total. The first-order chi connectivity index (χ1) is 15.4. The van der Waals surface area contributed by atoms with E-state index in [1.54, 1.807) is 0 Å². The minimum atomic E-state index is 0.0481. The summed E-state index contributed by atoms with van der Waals surface area (Å²) >= 11 is 0.249. The molecule has 4 heteroatoms. The van der Waals surface area contributed by atoms with E-state index in [0.717, 1.165) is 12.5 Å². The zero-order chi connectivity index (χ0) is 22.7. The predicted octanol–water partition coefficient (Wildman–Crippen LogP) is 5.28. The predicted molar refractivity (Wildman–Crippen MR) is 133 cm³/mol. The van der Waals surface area contributed by atoms with Crippen molar-refractivity contribution in [3.8, 4) is 0 Å². The quantitative estimate of drug-likeness (QED) is 0.483. The molecule has 2 aromatic rings. The summed E-state index contributed by atoms with van der Waals surface area (Å²) in [5.41, 5.74) is 1.43. The van der Waals surface area contributed by atoms with Gasteiger partial charge in [-0.05, 0) is 0 Å². The van der Waals surface area contributed by atoms with Crippen LogP contribution in [0.15, 0.2) is 60.7 Å². The standard InChI is InChI=1S/C28H39NO2Se/c1-20-16-17-24-25(18-20)31-27(26(21(2)30-5)32-23-14-10-7-11-15-23)29(28(24,3)4)19-22-12-8-6-9-13-22/h6-15,20-21,24-27H,16-19H2,1-5H3/t20-,21-,24-,25-,26-,27+/m1/s1. The summed E-state index contributed by atoms with van der Waals surface area (Å²) < 4.78 is 14.5. The molecule has 2 aromatic carbocycles. The molecule has 1 saturated carbocycles. The fourth-order valence-corrected chi connectivity index (χ4v) is 8.23. The van der Waals surface area contributed by atoms with Crippen molar-refractivity contribution in [2.45, 2.75) is 82.3 Å². The number of benzene rings is 2. The third-order valence-corrected chi connectivity index (χ3v) is 10.7. The zero-order valence-corrected chi connectivity index (χ0v) is 22.0. The van der Waals surface area contributed by atoms with Crippen molar-refractivity contribution in [1.82, 2.24) is 4.90 Å². The molecule has 0 bridgehead atoms. The molecule has 0 unspecified atom stereocenters. The van der Waals surface area contributed by atoms with Crippen LogP contribution in [-0.4, -0.2) is 50.9 Å². The van der Waals surface area contributed by atoms with E-state index in [-0.39, 0.29) is 32.8 Å². The van der Waals surface area contributed by atoms with Gasteiger partial charge in [-0.2, -0.15) is 0 Å². The minimum absolute atomic E-state index is 0.0481. The van der Waals surface area contributed by atoms with Crippen LogP contribution in [0, 0.1) is 11.8 Å². The van der Waals surface area contributed by atoms with Gasteiger partial charge in [0.05, 0.1) is 0 Å². The van der Waals surface area contributed by atoms with E-state index in [0.29, 0.717) is 16.8 Å². The molecule has 1 saturated heterocycles. The van der Waals surface area contributed by atoms with E-state index in [2.05, 4.69) is 93.3 Å². The average Bonchev–Trinajstić information content (AvgIpc) is 2.80. The van der Waals surface area contributed by atoms with Gasteiger partial charge < -0.3 is 0 Å². The van der Waals surface area contributed by atoms with Crippen molar-refractivity contribution in [3.05, 3.63) is 66.2 Å². The maximum atomic E-state index is 7.10. The average molecular weight is 501 g/mol. The molecule has 4 rings (SSSR count). The zero-order valence-electron chi connectivity index (χ0n) is 20.2. The summed E-state index contributed by atoms with van der Waals surface area (Å²) in [7, 11) is 1.85. The third-order valence-electron chi connectivity index (χ3n) is 7.65. The van der Waals surface area contributed by atoms with E-state index in [4.69, 9.17) is 9.47 Å². The van der Waals surface area contributed by atoms with Gasteiger partial charge in [-0.3, -0.25) is 0 Å². The molecule has 174 valence electrons. The molecule has 1 aliphatic heterocycles. The van der Waals surface area contributed by atoms with Crippen molar-refractivity contribution in [2.75, 3.05) is 7.11 Å². The van der Waals surface area contributed by atoms with Crippen molar-refractivity contribution in [1.29, 1.82) is 0 Å². The summed E-state index contributed by atoms with van der Waals surface area (Å²) in [6, 6.07) is 21.8. The van der Waals surface area contributed by atoms with E-state index < -0.39 is 0 Å². The number of hydrogen-bond acceptors (Lipinski definition) is 3. The molecule has 1 aliphatic carbocycles. The van der Waals surface area contributed by atoms with Crippen molar-refractivity contribution in [3.63, 3.8) is 0 Å². The number of fused-ring (bicyclic) bond motifs is 1. The van der Waals surface area contributed by atoms with Gasteiger partial charge in [-0.1, -0.05) is 0 Å². The molecule has 0 aromatic heterocycles. The van der Waals surface area contributed by atoms with Gasteiger partial charge in [0.25, 0.3) is 0 Å². The van der Waals surface area contributed by atoms with Crippen LogP contribution in [0.3, 0.4) is 0 Å². The van der Waals surface area contributed by atoms with Crippen LogP contribution >= 0.6 is 0 Å². The van der Waals surface area contributed by atoms with Gasteiger partial charge >= 0.3 is 201 Å². The Kier molecular flexibility index (Phi) is 7.80. The molecular formula is C28H39NO2Se. The first-order valence-corrected chi connectivity index (χ1v) is 14.0. The van der Waals surface area contributed by atoms with Crippen LogP contribution < -0.4 is 4.46 Å². The Morgan fingerprint density at radius 1 is 1.06 bits per heavy atom. The van der Waals surface area contributed by atoms with Crippen LogP contribution in [0.4, 0.5) is 0 Å². The second-order valence-corrected chi connectivity index (χ2v) is 12.8. The Hall–Kier alpha value is -1.16. The maximum absolute atomic E-state index is 7.10. The van der Waals surface area contributed by atoms with E-state index in [1.165, 1.54) is 29.3 Å². The van der Waals surface area contributed by atoms with Crippen molar-refractivity contribution >= 4 is 19.4 Å². The summed E-state index contributed by atoms with van der Waals surface area (Å²) in [6.07, 6.45) is 4.26. The Morgan fingerprint density at radius 2 is 1.72 bits per heavy atom. The molecule has 32 heavy (non-hydrogen) atoms. The molecule has 2 fully saturated rings. The number of nitrogens with zero attached hydrogens (tertiary/aromatic N) is 1. The second-order valence-electron chi connectivity index (χ2n) is 10.2. The molecule has 3 nitrogen and oxygen atoms in total. The van der Waals surface area contributed by atoms with E-state index >= 15 is 0 Å². The summed E-state index contributed by atoms with van der Waals surface area (Å²) in [5.74, 6) is 1.31. The molecule has 1 heterocycles. The van der Waals surface area contributed by atoms with Gasteiger partial charge in [-0.15, -0.1) is 0 Å². The normalized spacial score (nSPS) is 29.8. The first-order valence-electron chi connectivity index (χ1n) is 12.1. The molecule has 0 spiro atoms. The van der Waals surface area contributed by atoms with Crippen molar-refractivity contribution in [2.24, 2.45) is 11.8 Å². The molecule has 0 radical (unpaired) electrons. The van der Waals surface area contributed by atoms with E-state index in [1.807, 2.05) is 7.11 Å². The van der Waals surface area contributed by atoms with Crippen LogP contribution in [0.1, 0.15) is 52.5 Å². The summed E-state index contributed by atoms with van der Waals surface area (Å²) in [6.45, 7) is 10.4. The Bertz CT molecular complexity index is 843. The monoisotopic (exact) mass is 501 g/mol. The van der Waals surface area contributed by atoms with Crippen LogP contribution in [0.5, 0.6) is 0 Å². The summed E-state index contributed by atoms with van der Waals surface area (Å²) in [4.78, 5) is 2.99. The number of hydrogen-bond donors (Lipinski definition) is 0. The molecule has 2 aliphatic rings. The van der Waals surface area contributed by atoms with E-state index in [9.17, 15) is 0 Å². The first kappa shape index (κ1) is 24.0. The Labute approximate surface area is 201 Å². The SMILES string of the molecule is CO[C@H](C)[C@@H]([Se]c1ccccc1)[C@@H]1O[C@@H]2C[C@H](C)CC[C@H]2C(C)(C)N1Cc1ccccc1. The third kappa shape index (κ3) is 5.16. The van der Waals surface area contributed by atoms with Crippen LogP contribution in [0.2, 0.25) is 4.82 Å². The Balaban J connectivity index is 1.71. The molecular weight excluding hydrogens is 461 g/mol. The molecule has 6 atom stereocenters. The fraction of sp³-hybridized carbons (Fsp3) is 0.571. The Morgan fingerprint density at radius 3 is 2.38 bits per heavy atom. The van der Waals surface area contributed by atoms with Gasteiger partial charge in [0.15, 0.2) is 0 Å². The van der Waals surface area contributed by atoms with Crippen LogP contribution in [0.25, 0.3) is 0 Å². The molecule has 0 amide bonds. The number of methoxy groups -OCH3 is 1. The topological polar surface area (TPSA) is 21.7 Å². The van der Waals surface area contributed by atoms with Gasteiger partial charge in [0.2, 0.25) is 0 Å². The number of ether oxygens (including phenoxy) is 2. The summed E-state index contributed by atoms with van der Waals surface area (Å²) in [5, 5.41) is 0. The van der Waals surface area contributed by atoms with Crippen molar-refractivity contribution < 1.29 is 9.47 Å². The van der Waals surface area contributed by atoms with Gasteiger partial charge in [-0.25, -0.2) is 0 Å². The van der Waals surface area contributed by atoms with Gasteiger partial charge in [0, 0.05) is 0 Å².